The molecule has 0 aromatic rings. The van der Waals surface area contributed by atoms with Gasteiger partial charge in [-0.1, -0.05) is 57.0 Å². The normalized spacial score (nSPS) is 12.1. The number of nitrogens with zero attached hydrogens (tertiary/aromatic N) is 3. The highest BCUT2D eigenvalue weighted by molar-refractivity contribution is 4.68. The van der Waals surface area contributed by atoms with Crippen LogP contribution < -0.4 is 0 Å². The van der Waals surface area contributed by atoms with E-state index in [0.717, 1.165) is 12.8 Å². The molecule has 14 heavy (non-hydrogen) atoms. The van der Waals surface area contributed by atoms with Gasteiger partial charge in [0.25, 0.3) is 0 Å². The van der Waals surface area contributed by atoms with Crippen molar-refractivity contribution in [2.24, 2.45) is 5.11 Å². The summed E-state index contributed by atoms with van der Waals surface area (Å²) < 4.78 is 0. The second-order valence-corrected chi connectivity index (χ2v) is 3.77. The topological polar surface area (TPSA) is 48.8 Å². The first-order valence-electron chi connectivity index (χ1n) is 5.68. The smallest absolute Gasteiger partial charge is 0.0374 e. The Kier molecular flexibility index (Phi) is 9.88. The minimum absolute atomic E-state index is 0.0735. The van der Waals surface area contributed by atoms with Crippen molar-refractivity contribution in [2.75, 3.05) is 0 Å². The summed E-state index contributed by atoms with van der Waals surface area (Å²) in [5.41, 5.74) is 8.15. The van der Waals surface area contributed by atoms with Crippen LogP contribution in [0.2, 0.25) is 0 Å². The Bertz CT molecular complexity index is 162. The number of azide groups is 1. The third-order valence-electron chi connectivity index (χ3n) is 2.36. The van der Waals surface area contributed by atoms with E-state index in [1.54, 1.807) is 0 Å². The van der Waals surface area contributed by atoms with Crippen LogP contribution in [0.25, 0.3) is 10.4 Å². The number of rotatable bonds is 9. The first-order chi connectivity index (χ1) is 6.81. The molecule has 0 saturated carbocycles. The molecule has 0 heterocycles. The van der Waals surface area contributed by atoms with E-state index in [2.05, 4.69) is 23.9 Å². The minimum Gasteiger partial charge on any atom is -0.0906 e. The molecule has 0 aromatic heterocycles. The Morgan fingerprint density at radius 1 is 1.14 bits per heavy atom. The monoisotopic (exact) mass is 196 g/mol. The molecule has 0 bridgehead atoms. The third kappa shape index (κ3) is 9.40. The highest BCUT2D eigenvalue weighted by Gasteiger charge is 1.97. The van der Waals surface area contributed by atoms with Gasteiger partial charge in [-0.15, -0.1) is 0 Å². The van der Waals surface area contributed by atoms with E-state index < -0.39 is 0 Å². The molecular formula is C11H22N3. The number of unbranched alkanes of at least 4 members (excludes halogenated alkanes) is 6. The van der Waals surface area contributed by atoms with Gasteiger partial charge in [-0.2, -0.15) is 0 Å². The molecule has 3 nitrogen and oxygen atoms in total. The van der Waals surface area contributed by atoms with E-state index in [9.17, 15) is 0 Å². The van der Waals surface area contributed by atoms with Gasteiger partial charge in [-0.25, -0.2) is 0 Å². The van der Waals surface area contributed by atoms with Gasteiger partial charge in [-0.3, -0.25) is 0 Å². The lowest BCUT2D eigenvalue weighted by atomic mass is 10.1. The molecule has 1 radical (unpaired) electrons. The largest absolute Gasteiger partial charge is 0.0906 e. The van der Waals surface area contributed by atoms with E-state index in [1.165, 1.54) is 38.5 Å². The van der Waals surface area contributed by atoms with E-state index in [0.29, 0.717) is 0 Å². The number of hydrogen-bond donors (Lipinski definition) is 0. The van der Waals surface area contributed by atoms with E-state index in [1.807, 2.05) is 0 Å². The first-order valence-corrected chi connectivity index (χ1v) is 5.68. The zero-order valence-electron chi connectivity index (χ0n) is 9.28. The maximum absolute atomic E-state index is 8.15. The molecule has 81 valence electrons. The van der Waals surface area contributed by atoms with Crippen molar-refractivity contribution >= 4 is 0 Å². The van der Waals surface area contributed by atoms with Gasteiger partial charge in [-0.05, 0) is 18.9 Å². The predicted octanol–water partition coefficient (Wildman–Crippen LogP) is 4.64. The van der Waals surface area contributed by atoms with Crippen LogP contribution in [0.4, 0.5) is 0 Å². The first kappa shape index (κ1) is 13.3. The molecule has 1 atom stereocenters. The Balaban J connectivity index is 3.09. The zero-order valence-corrected chi connectivity index (χ0v) is 9.28. The maximum Gasteiger partial charge on any atom is 0.0374 e. The lowest BCUT2D eigenvalue weighted by Crippen LogP contribution is -1.95. The molecular weight excluding hydrogens is 174 g/mol. The fourth-order valence-corrected chi connectivity index (χ4v) is 1.47. The average molecular weight is 196 g/mol. The summed E-state index contributed by atoms with van der Waals surface area (Å²) in [6, 6.07) is -0.0735. The Hall–Kier alpha value is -0.690. The lowest BCUT2D eigenvalue weighted by molar-refractivity contribution is 0.559. The van der Waals surface area contributed by atoms with Crippen LogP contribution in [0.5, 0.6) is 0 Å². The van der Waals surface area contributed by atoms with Crippen molar-refractivity contribution in [3.05, 3.63) is 17.4 Å². The SMILES string of the molecule is [CH2][C@@H](CCCCCCCCC)N=[N+]=[N-]. The standard InChI is InChI=1S/C11H22N3/c1-3-4-5-6-7-8-9-10-11(2)13-14-12/h11H,2-10H2,1H3/t11-/m0/s1. The summed E-state index contributed by atoms with van der Waals surface area (Å²) in [5, 5.41) is 3.54. The summed E-state index contributed by atoms with van der Waals surface area (Å²) in [5.74, 6) is 0. The van der Waals surface area contributed by atoms with Crippen LogP contribution in [0.1, 0.15) is 58.3 Å². The van der Waals surface area contributed by atoms with Crippen LogP contribution in [0, 0.1) is 6.92 Å². The van der Waals surface area contributed by atoms with Crippen LogP contribution in [0.15, 0.2) is 5.11 Å². The summed E-state index contributed by atoms with van der Waals surface area (Å²) in [7, 11) is 0. The molecule has 3 heteroatoms. The van der Waals surface area contributed by atoms with Crippen molar-refractivity contribution < 1.29 is 0 Å². The van der Waals surface area contributed by atoms with Gasteiger partial charge in [0.1, 0.15) is 0 Å². The second-order valence-electron chi connectivity index (χ2n) is 3.77. The van der Waals surface area contributed by atoms with E-state index in [4.69, 9.17) is 5.53 Å². The molecule has 0 spiro atoms. The summed E-state index contributed by atoms with van der Waals surface area (Å²) in [6.45, 7) is 5.98. The molecule has 0 aliphatic rings. The molecule has 0 rings (SSSR count). The third-order valence-corrected chi connectivity index (χ3v) is 2.36. The van der Waals surface area contributed by atoms with Crippen molar-refractivity contribution in [3.63, 3.8) is 0 Å². The van der Waals surface area contributed by atoms with Gasteiger partial charge in [0.2, 0.25) is 0 Å². The molecule has 0 N–H and O–H groups in total. The van der Waals surface area contributed by atoms with Crippen LogP contribution in [-0.2, 0) is 0 Å². The van der Waals surface area contributed by atoms with Crippen LogP contribution >= 0.6 is 0 Å². The molecule has 0 fully saturated rings. The maximum atomic E-state index is 8.15. The van der Waals surface area contributed by atoms with Crippen molar-refractivity contribution in [1.82, 2.24) is 0 Å². The summed E-state index contributed by atoms with van der Waals surface area (Å²) in [6.07, 6.45) is 9.99. The molecule has 0 aromatic carbocycles. The Morgan fingerprint density at radius 2 is 1.71 bits per heavy atom. The highest BCUT2D eigenvalue weighted by atomic mass is 15.1. The minimum atomic E-state index is -0.0735. The molecule has 0 saturated heterocycles. The number of hydrogen-bond acceptors (Lipinski definition) is 1. The van der Waals surface area contributed by atoms with Crippen molar-refractivity contribution in [3.8, 4) is 0 Å². The summed E-state index contributed by atoms with van der Waals surface area (Å²) in [4.78, 5) is 2.74. The Labute approximate surface area is 87.5 Å². The molecule has 0 unspecified atom stereocenters. The van der Waals surface area contributed by atoms with Crippen LogP contribution in [0.3, 0.4) is 0 Å². The van der Waals surface area contributed by atoms with E-state index in [-0.39, 0.29) is 6.04 Å². The van der Waals surface area contributed by atoms with Crippen molar-refractivity contribution in [1.29, 1.82) is 0 Å². The van der Waals surface area contributed by atoms with Gasteiger partial charge < -0.3 is 0 Å². The quantitative estimate of drug-likeness (QED) is 0.223. The van der Waals surface area contributed by atoms with Gasteiger partial charge >= 0.3 is 0 Å². The molecule has 0 amide bonds. The predicted molar refractivity (Wildman–Crippen MR) is 60.9 cm³/mol. The van der Waals surface area contributed by atoms with Gasteiger partial charge in [0, 0.05) is 11.0 Å². The zero-order chi connectivity index (χ0) is 10.6. The van der Waals surface area contributed by atoms with Gasteiger partial charge in [0.05, 0.1) is 0 Å². The van der Waals surface area contributed by atoms with Crippen molar-refractivity contribution in [2.45, 2.75) is 64.3 Å². The average Bonchev–Trinajstić information content (AvgIpc) is 2.17. The van der Waals surface area contributed by atoms with Gasteiger partial charge in [0.15, 0.2) is 0 Å². The Morgan fingerprint density at radius 3 is 2.29 bits per heavy atom. The lowest BCUT2D eigenvalue weighted by Gasteiger charge is -2.03. The fraction of sp³-hybridized carbons (Fsp3) is 0.909. The highest BCUT2D eigenvalue weighted by Crippen LogP contribution is 2.10. The second kappa shape index (κ2) is 10.4. The van der Waals surface area contributed by atoms with E-state index >= 15 is 0 Å². The fourth-order valence-electron chi connectivity index (χ4n) is 1.47. The molecule has 0 aliphatic heterocycles. The van der Waals surface area contributed by atoms with Crippen LogP contribution in [-0.4, -0.2) is 6.04 Å². The molecule has 0 aliphatic carbocycles. The summed E-state index contributed by atoms with van der Waals surface area (Å²) >= 11 is 0.